The standard InChI is InChI=1S/C69H101NO5/c1-4-7-10-13-16-19-22-25-28-31-52-73-66-55-65(56-67(74-53-32-29-26-23-20-17-14-11-8-5-2)69(66)75-54-33-30-27-24-21-18-15-12-9-6-3)51-48-62-43-40-61(41-44-62)39-36-59-34-37-60(38-35-59)42-45-63-46-49-64(50-47-63)57-70-58-68(71)72/h34-51,55-56,70H,4-33,52-54,57-58H2,1-3H3,(H,71,72)/b39-36+,45-42+,51-48+. The van der Waals surface area contributed by atoms with Crippen LogP contribution in [0.4, 0.5) is 0 Å². The SMILES string of the molecule is CCCCCCCCCCCCOc1cc(/C=C/c2ccc(/C=C/c3ccc(/C=C/c4ccc(CNCC(=O)O)cc4)cc3)cc2)cc(OCCCCCCCCCCCC)c1OCCCCCCCCCCCC. The van der Waals surface area contributed by atoms with Gasteiger partial charge in [0.1, 0.15) is 0 Å². The Kier molecular flexibility index (Phi) is 35.1. The fraction of sp³-hybridized carbons (Fsp3) is 0.551. The highest BCUT2D eigenvalue weighted by Gasteiger charge is 2.16. The van der Waals surface area contributed by atoms with Gasteiger partial charge in [-0.1, -0.05) is 303 Å². The van der Waals surface area contributed by atoms with Crippen molar-refractivity contribution in [2.45, 2.75) is 220 Å². The Hall–Kier alpha value is -5.07. The van der Waals surface area contributed by atoms with Gasteiger partial charge in [-0.2, -0.15) is 0 Å². The van der Waals surface area contributed by atoms with Gasteiger partial charge in [0.15, 0.2) is 11.5 Å². The number of carboxylic acid groups (broad SMARTS) is 1. The summed E-state index contributed by atoms with van der Waals surface area (Å²) in [4.78, 5) is 10.8. The summed E-state index contributed by atoms with van der Waals surface area (Å²) in [5.41, 5.74) is 7.76. The maximum Gasteiger partial charge on any atom is 0.317 e. The first-order valence-electron chi connectivity index (χ1n) is 30.3. The molecule has 0 aliphatic rings. The molecule has 6 nitrogen and oxygen atoms in total. The largest absolute Gasteiger partial charge is 0.490 e. The molecule has 4 rings (SSSR count). The molecule has 412 valence electrons. The molecule has 0 spiro atoms. The molecule has 0 radical (unpaired) electrons. The molecule has 0 saturated heterocycles. The van der Waals surface area contributed by atoms with Crippen LogP contribution in [0, 0.1) is 0 Å². The Bertz CT molecular complexity index is 2070. The Balaban J connectivity index is 1.39. The second-order valence-corrected chi connectivity index (χ2v) is 21.0. The van der Waals surface area contributed by atoms with E-state index in [2.05, 4.69) is 135 Å². The molecule has 0 fully saturated rings. The zero-order valence-corrected chi connectivity index (χ0v) is 47.4. The van der Waals surface area contributed by atoms with Crippen LogP contribution in [0.3, 0.4) is 0 Å². The lowest BCUT2D eigenvalue weighted by atomic mass is 10.1. The molecule has 0 heterocycles. The highest BCUT2D eigenvalue weighted by Crippen LogP contribution is 2.40. The van der Waals surface area contributed by atoms with E-state index >= 15 is 0 Å². The van der Waals surface area contributed by atoms with E-state index in [1.54, 1.807) is 0 Å². The molecule has 4 aromatic carbocycles. The lowest BCUT2D eigenvalue weighted by Gasteiger charge is -2.18. The van der Waals surface area contributed by atoms with Crippen molar-refractivity contribution in [3.8, 4) is 17.2 Å². The van der Waals surface area contributed by atoms with Crippen LogP contribution in [0.1, 0.15) is 252 Å². The minimum absolute atomic E-state index is 0.0446. The van der Waals surface area contributed by atoms with Crippen molar-refractivity contribution < 1.29 is 24.1 Å². The van der Waals surface area contributed by atoms with E-state index in [4.69, 9.17) is 19.3 Å². The highest BCUT2D eigenvalue weighted by atomic mass is 16.5. The number of benzene rings is 4. The van der Waals surface area contributed by atoms with Crippen LogP contribution in [0.5, 0.6) is 17.2 Å². The Morgan fingerprint density at radius 3 is 0.947 bits per heavy atom. The van der Waals surface area contributed by atoms with Crippen molar-refractivity contribution in [3.05, 3.63) is 124 Å². The molecule has 6 heteroatoms. The molecule has 0 aliphatic heterocycles. The lowest BCUT2D eigenvalue weighted by Crippen LogP contribution is -2.21. The Labute approximate surface area is 457 Å². The van der Waals surface area contributed by atoms with Crippen LogP contribution >= 0.6 is 0 Å². The second kappa shape index (κ2) is 42.1. The number of carbonyl (C=O) groups is 1. The van der Waals surface area contributed by atoms with Crippen molar-refractivity contribution in [3.63, 3.8) is 0 Å². The van der Waals surface area contributed by atoms with Gasteiger partial charge in [-0.15, -0.1) is 0 Å². The highest BCUT2D eigenvalue weighted by molar-refractivity contribution is 5.76. The van der Waals surface area contributed by atoms with Gasteiger partial charge in [0.05, 0.1) is 26.4 Å². The fourth-order valence-electron chi connectivity index (χ4n) is 9.43. The van der Waals surface area contributed by atoms with Gasteiger partial charge in [-0.25, -0.2) is 0 Å². The zero-order chi connectivity index (χ0) is 53.1. The van der Waals surface area contributed by atoms with Crippen molar-refractivity contribution in [2.24, 2.45) is 0 Å². The summed E-state index contributed by atoms with van der Waals surface area (Å²) in [6.45, 7) is 9.39. The molecule has 4 aromatic rings. The summed E-state index contributed by atoms with van der Waals surface area (Å²) in [7, 11) is 0. The normalized spacial score (nSPS) is 11.7. The monoisotopic (exact) mass is 1020 g/mol. The van der Waals surface area contributed by atoms with E-state index in [1.807, 2.05) is 12.1 Å². The van der Waals surface area contributed by atoms with Crippen LogP contribution in [-0.2, 0) is 11.3 Å². The van der Waals surface area contributed by atoms with Crippen molar-refractivity contribution in [1.29, 1.82) is 0 Å². The number of ether oxygens (including phenoxy) is 3. The molecule has 0 aromatic heterocycles. The van der Waals surface area contributed by atoms with E-state index in [-0.39, 0.29) is 6.54 Å². The third-order valence-electron chi connectivity index (χ3n) is 14.2. The number of rotatable bonds is 46. The lowest BCUT2D eigenvalue weighted by molar-refractivity contribution is -0.136. The summed E-state index contributed by atoms with van der Waals surface area (Å²) in [5.74, 6) is 1.53. The van der Waals surface area contributed by atoms with Crippen molar-refractivity contribution in [2.75, 3.05) is 26.4 Å². The van der Waals surface area contributed by atoms with Gasteiger partial charge in [0.2, 0.25) is 5.75 Å². The number of unbranched alkanes of at least 4 members (excludes halogenated alkanes) is 27. The number of hydrogen-bond acceptors (Lipinski definition) is 5. The smallest absolute Gasteiger partial charge is 0.317 e. The number of aliphatic carboxylic acids is 1. The third kappa shape index (κ3) is 30.3. The maximum absolute atomic E-state index is 10.8. The second-order valence-electron chi connectivity index (χ2n) is 21.0. The van der Waals surface area contributed by atoms with E-state index < -0.39 is 5.97 Å². The van der Waals surface area contributed by atoms with Crippen LogP contribution in [0.2, 0.25) is 0 Å². The predicted octanol–water partition coefficient (Wildman–Crippen LogP) is 20.3. The Morgan fingerprint density at radius 2 is 0.640 bits per heavy atom. The van der Waals surface area contributed by atoms with Gasteiger partial charge in [0.25, 0.3) is 0 Å². The number of carboxylic acids is 1. The summed E-state index contributed by atoms with van der Waals surface area (Å²) in [6.07, 6.45) is 51.9. The average molecular weight is 1020 g/mol. The summed E-state index contributed by atoms with van der Waals surface area (Å²) < 4.78 is 20.0. The minimum atomic E-state index is -0.851. The summed E-state index contributed by atoms with van der Waals surface area (Å²) >= 11 is 0. The van der Waals surface area contributed by atoms with Gasteiger partial charge in [0, 0.05) is 6.54 Å². The molecule has 0 amide bonds. The molecule has 0 saturated carbocycles. The topological polar surface area (TPSA) is 77.0 Å². The minimum Gasteiger partial charge on any atom is -0.490 e. The molecule has 0 aliphatic carbocycles. The average Bonchev–Trinajstić information content (AvgIpc) is 3.42. The van der Waals surface area contributed by atoms with Crippen LogP contribution in [-0.4, -0.2) is 37.4 Å². The van der Waals surface area contributed by atoms with Crippen LogP contribution in [0.25, 0.3) is 36.5 Å². The van der Waals surface area contributed by atoms with Gasteiger partial charge in [-0.05, 0) is 70.3 Å². The molecule has 0 bridgehead atoms. The predicted molar refractivity (Wildman–Crippen MR) is 324 cm³/mol. The van der Waals surface area contributed by atoms with Crippen molar-refractivity contribution >= 4 is 42.4 Å². The molecular formula is C69H101NO5. The fourth-order valence-corrected chi connectivity index (χ4v) is 9.43. The molecule has 0 unspecified atom stereocenters. The zero-order valence-electron chi connectivity index (χ0n) is 47.4. The van der Waals surface area contributed by atoms with E-state index in [0.29, 0.717) is 26.4 Å². The van der Waals surface area contributed by atoms with Gasteiger partial charge >= 0.3 is 5.97 Å². The Morgan fingerprint density at radius 1 is 0.373 bits per heavy atom. The number of nitrogens with one attached hydrogen (secondary N) is 1. The molecule has 75 heavy (non-hydrogen) atoms. The quantitative estimate of drug-likeness (QED) is 0.0339. The van der Waals surface area contributed by atoms with Crippen LogP contribution in [0.15, 0.2) is 84.9 Å². The first-order valence-corrected chi connectivity index (χ1v) is 30.3. The third-order valence-corrected chi connectivity index (χ3v) is 14.2. The molecule has 2 N–H and O–H groups in total. The molecule has 0 atom stereocenters. The van der Waals surface area contributed by atoms with E-state index in [9.17, 15) is 4.79 Å². The van der Waals surface area contributed by atoms with Crippen molar-refractivity contribution in [1.82, 2.24) is 5.32 Å². The molecular weight excluding hydrogens is 923 g/mol. The van der Waals surface area contributed by atoms with E-state index in [1.165, 1.54) is 173 Å². The summed E-state index contributed by atoms with van der Waals surface area (Å²) in [6, 6.07) is 29.7. The van der Waals surface area contributed by atoms with Gasteiger partial charge < -0.3 is 24.6 Å². The maximum atomic E-state index is 10.8. The first kappa shape index (κ1) is 62.5. The first-order chi connectivity index (χ1) is 37.0. The van der Waals surface area contributed by atoms with Gasteiger partial charge in [-0.3, -0.25) is 4.79 Å². The van der Waals surface area contributed by atoms with Crippen LogP contribution < -0.4 is 19.5 Å². The number of hydrogen-bond donors (Lipinski definition) is 2. The summed E-state index contributed by atoms with van der Waals surface area (Å²) in [5, 5.41) is 11.8. The van der Waals surface area contributed by atoms with E-state index in [0.717, 1.165) is 75.5 Å².